The summed E-state index contributed by atoms with van der Waals surface area (Å²) in [6, 6.07) is 7.34. The molecule has 1 rings (SSSR count). The molecule has 0 aromatic heterocycles. The summed E-state index contributed by atoms with van der Waals surface area (Å²) >= 11 is 5.87. The standard InChI is InChI=1S/C10H12ClO/c1-2-5-10(12)8-6-3-4-7-9(8)11/h3-4,6-7,10,12H,1-2,5H2. The summed E-state index contributed by atoms with van der Waals surface area (Å²) in [5, 5.41) is 10.2. The maximum absolute atomic E-state index is 9.58. The number of hydrogen-bond donors (Lipinski definition) is 1. The minimum Gasteiger partial charge on any atom is -0.388 e. The van der Waals surface area contributed by atoms with Gasteiger partial charge in [-0.1, -0.05) is 43.1 Å². The molecule has 12 heavy (non-hydrogen) atoms. The molecule has 0 fully saturated rings. The van der Waals surface area contributed by atoms with Crippen molar-refractivity contribution < 1.29 is 5.11 Å². The fraction of sp³-hybridized carbons (Fsp3) is 0.300. The first kappa shape index (κ1) is 9.56. The Hall–Kier alpha value is -0.530. The van der Waals surface area contributed by atoms with Gasteiger partial charge in [0.25, 0.3) is 0 Å². The number of halogens is 1. The molecule has 0 amide bonds. The number of hydrogen-bond acceptors (Lipinski definition) is 1. The van der Waals surface area contributed by atoms with Crippen LogP contribution in [0.15, 0.2) is 24.3 Å². The van der Waals surface area contributed by atoms with Crippen LogP contribution < -0.4 is 0 Å². The summed E-state index contributed by atoms with van der Waals surface area (Å²) in [6.45, 7) is 3.68. The molecule has 0 aliphatic heterocycles. The Morgan fingerprint density at radius 2 is 2.08 bits per heavy atom. The lowest BCUT2D eigenvalue weighted by atomic mass is 10.1. The lowest BCUT2D eigenvalue weighted by Gasteiger charge is -2.10. The third-order valence-electron chi connectivity index (χ3n) is 1.74. The third kappa shape index (κ3) is 2.23. The molecule has 1 nitrogen and oxygen atoms in total. The van der Waals surface area contributed by atoms with Crippen molar-refractivity contribution in [2.45, 2.75) is 18.9 Å². The van der Waals surface area contributed by atoms with Crippen molar-refractivity contribution >= 4 is 11.6 Å². The monoisotopic (exact) mass is 183 g/mol. The van der Waals surface area contributed by atoms with Crippen LogP contribution in [0, 0.1) is 6.92 Å². The summed E-state index contributed by atoms with van der Waals surface area (Å²) in [6.07, 6.45) is 0.895. The van der Waals surface area contributed by atoms with E-state index in [9.17, 15) is 5.11 Å². The molecule has 1 aromatic carbocycles. The highest BCUT2D eigenvalue weighted by atomic mass is 35.5. The molecule has 0 spiro atoms. The second-order valence-corrected chi connectivity index (χ2v) is 3.09. The van der Waals surface area contributed by atoms with E-state index in [2.05, 4.69) is 6.92 Å². The topological polar surface area (TPSA) is 20.2 Å². The Morgan fingerprint density at radius 1 is 1.42 bits per heavy atom. The number of aliphatic hydroxyl groups is 1. The molecule has 2 heteroatoms. The van der Waals surface area contributed by atoms with Gasteiger partial charge < -0.3 is 5.11 Å². The zero-order valence-electron chi connectivity index (χ0n) is 6.83. The molecule has 0 saturated heterocycles. The van der Waals surface area contributed by atoms with E-state index >= 15 is 0 Å². The normalized spacial score (nSPS) is 12.9. The van der Waals surface area contributed by atoms with E-state index in [-0.39, 0.29) is 0 Å². The number of benzene rings is 1. The van der Waals surface area contributed by atoms with Crippen LogP contribution in [-0.2, 0) is 0 Å². The van der Waals surface area contributed by atoms with E-state index < -0.39 is 6.10 Å². The Balaban J connectivity index is 2.79. The van der Waals surface area contributed by atoms with E-state index in [1.165, 1.54) is 0 Å². The molecule has 1 unspecified atom stereocenters. The van der Waals surface area contributed by atoms with Gasteiger partial charge in [-0.15, -0.1) is 0 Å². The maximum atomic E-state index is 9.58. The van der Waals surface area contributed by atoms with Gasteiger partial charge in [-0.2, -0.15) is 0 Å². The van der Waals surface area contributed by atoms with E-state index in [0.717, 1.165) is 5.56 Å². The Bertz CT molecular complexity index is 247. The molecule has 0 aliphatic rings. The molecule has 1 atom stereocenters. The summed E-state index contributed by atoms with van der Waals surface area (Å²) in [4.78, 5) is 0. The van der Waals surface area contributed by atoms with Crippen LogP contribution in [0.3, 0.4) is 0 Å². The summed E-state index contributed by atoms with van der Waals surface area (Å²) in [5.41, 5.74) is 0.794. The van der Waals surface area contributed by atoms with Crippen molar-refractivity contribution in [1.29, 1.82) is 0 Å². The summed E-state index contributed by atoms with van der Waals surface area (Å²) < 4.78 is 0. The lowest BCUT2D eigenvalue weighted by molar-refractivity contribution is 0.168. The van der Waals surface area contributed by atoms with E-state index in [1.54, 1.807) is 6.07 Å². The summed E-state index contributed by atoms with van der Waals surface area (Å²) in [5.74, 6) is 0. The highest BCUT2D eigenvalue weighted by Gasteiger charge is 2.08. The van der Waals surface area contributed by atoms with Gasteiger partial charge in [0.2, 0.25) is 0 Å². The first-order chi connectivity index (χ1) is 5.75. The van der Waals surface area contributed by atoms with Crippen molar-refractivity contribution in [2.75, 3.05) is 0 Å². The van der Waals surface area contributed by atoms with Crippen LogP contribution in [0.5, 0.6) is 0 Å². The van der Waals surface area contributed by atoms with E-state index in [1.807, 2.05) is 18.2 Å². The molecule has 0 aliphatic carbocycles. The van der Waals surface area contributed by atoms with Gasteiger partial charge in [0, 0.05) is 5.02 Å². The third-order valence-corrected chi connectivity index (χ3v) is 2.09. The second kappa shape index (κ2) is 4.48. The SMILES string of the molecule is [CH2]CCC(O)c1ccccc1Cl. The quantitative estimate of drug-likeness (QED) is 0.764. The lowest BCUT2D eigenvalue weighted by Crippen LogP contribution is -1.96. The minimum absolute atomic E-state index is 0.476. The zero-order chi connectivity index (χ0) is 8.97. The van der Waals surface area contributed by atoms with E-state index in [4.69, 9.17) is 11.6 Å². The molecular weight excluding hydrogens is 172 g/mol. The van der Waals surface area contributed by atoms with Crippen molar-refractivity contribution in [1.82, 2.24) is 0 Å². The van der Waals surface area contributed by atoms with E-state index in [0.29, 0.717) is 17.9 Å². The predicted molar refractivity (Wildman–Crippen MR) is 51.0 cm³/mol. The Kier molecular flexibility index (Phi) is 3.57. The molecule has 65 valence electrons. The van der Waals surface area contributed by atoms with Crippen molar-refractivity contribution in [2.24, 2.45) is 0 Å². The van der Waals surface area contributed by atoms with Gasteiger partial charge in [-0.05, 0) is 18.1 Å². The van der Waals surface area contributed by atoms with Crippen LogP contribution in [0.25, 0.3) is 0 Å². The fourth-order valence-corrected chi connectivity index (χ4v) is 1.36. The highest BCUT2D eigenvalue weighted by molar-refractivity contribution is 6.31. The Morgan fingerprint density at radius 3 is 2.67 bits per heavy atom. The van der Waals surface area contributed by atoms with Crippen LogP contribution >= 0.6 is 11.6 Å². The van der Waals surface area contributed by atoms with Crippen molar-refractivity contribution in [3.05, 3.63) is 41.8 Å². The molecular formula is C10H12ClO. The molecule has 1 aromatic rings. The van der Waals surface area contributed by atoms with Gasteiger partial charge in [0.15, 0.2) is 0 Å². The van der Waals surface area contributed by atoms with Crippen LogP contribution in [0.2, 0.25) is 5.02 Å². The largest absolute Gasteiger partial charge is 0.388 e. The summed E-state index contributed by atoms with van der Waals surface area (Å²) in [7, 11) is 0. The molecule has 0 heterocycles. The second-order valence-electron chi connectivity index (χ2n) is 2.68. The predicted octanol–water partition coefficient (Wildman–Crippen LogP) is 2.99. The number of aliphatic hydroxyl groups excluding tert-OH is 1. The smallest absolute Gasteiger partial charge is 0.0804 e. The van der Waals surface area contributed by atoms with Gasteiger partial charge in [-0.3, -0.25) is 0 Å². The molecule has 0 saturated carbocycles. The zero-order valence-corrected chi connectivity index (χ0v) is 7.59. The van der Waals surface area contributed by atoms with Crippen molar-refractivity contribution in [3.8, 4) is 0 Å². The van der Waals surface area contributed by atoms with Gasteiger partial charge >= 0.3 is 0 Å². The van der Waals surface area contributed by atoms with Gasteiger partial charge in [0.05, 0.1) is 6.10 Å². The Labute approximate surface area is 78.0 Å². The molecule has 0 bridgehead atoms. The maximum Gasteiger partial charge on any atom is 0.0804 e. The van der Waals surface area contributed by atoms with Crippen LogP contribution in [-0.4, -0.2) is 5.11 Å². The van der Waals surface area contributed by atoms with Crippen molar-refractivity contribution in [3.63, 3.8) is 0 Å². The fourth-order valence-electron chi connectivity index (χ4n) is 1.09. The highest BCUT2D eigenvalue weighted by Crippen LogP contribution is 2.25. The van der Waals surface area contributed by atoms with Gasteiger partial charge in [-0.25, -0.2) is 0 Å². The first-order valence-electron chi connectivity index (χ1n) is 3.97. The van der Waals surface area contributed by atoms with Gasteiger partial charge in [0.1, 0.15) is 0 Å². The average molecular weight is 184 g/mol. The molecule has 1 radical (unpaired) electrons. The number of rotatable bonds is 3. The average Bonchev–Trinajstić information content (AvgIpc) is 2.05. The minimum atomic E-state index is -0.476. The molecule has 1 N–H and O–H groups in total. The first-order valence-corrected chi connectivity index (χ1v) is 4.35. The van der Waals surface area contributed by atoms with Crippen LogP contribution in [0.1, 0.15) is 24.5 Å². The van der Waals surface area contributed by atoms with Crippen LogP contribution in [0.4, 0.5) is 0 Å².